The van der Waals surface area contributed by atoms with Crippen molar-refractivity contribution in [1.82, 2.24) is 4.90 Å². The lowest BCUT2D eigenvalue weighted by Crippen LogP contribution is -2.28. The monoisotopic (exact) mass is 287 g/mol. The van der Waals surface area contributed by atoms with E-state index in [-0.39, 0.29) is 6.61 Å². The maximum atomic E-state index is 12.0. The Labute approximate surface area is 124 Å². The molecule has 0 aliphatic carbocycles. The molecular weight excluding hydrogens is 268 g/mol. The van der Waals surface area contributed by atoms with Gasteiger partial charge in [-0.25, -0.2) is 4.79 Å². The van der Waals surface area contributed by atoms with Gasteiger partial charge in [-0.05, 0) is 12.1 Å². The van der Waals surface area contributed by atoms with E-state index in [9.17, 15) is 9.59 Å². The molecule has 1 rings (SSSR count). The first-order valence-corrected chi connectivity index (χ1v) is 6.56. The van der Waals surface area contributed by atoms with Gasteiger partial charge in [-0.3, -0.25) is 9.69 Å². The number of amides is 1. The Kier molecular flexibility index (Phi) is 7.53. The zero-order valence-electron chi connectivity index (χ0n) is 11.9. The number of carbonyl (C=O) groups is 1. The molecule has 5 nitrogen and oxygen atoms in total. The highest BCUT2D eigenvalue weighted by molar-refractivity contribution is 5.97. The van der Waals surface area contributed by atoms with Crippen molar-refractivity contribution in [3.8, 4) is 0 Å². The number of nitrogens with one attached hydrogen (secondary N) is 1. The Bertz CT molecular complexity index is 490. The highest BCUT2D eigenvalue weighted by Gasteiger charge is 2.12. The summed E-state index contributed by atoms with van der Waals surface area (Å²) in [5.41, 5.74) is 0.686. The molecule has 0 aliphatic rings. The molecule has 0 saturated heterocycles. The van der Waals surface area contributed by atoms with Gasteiger partial charge in [-0.15, -0.1) is 13.2 Å². The number of rotatable bonds is 10. The van der Waals surface area contributed by atoms with Crippen molar-refractivity contribution in [2.45, 2.75) is 0 Å². The number of hydrogen-bond donors (Lipinski definition) is 1. The van der Waals surface area contributed by atoms with Crippen LogP contribution in [0.25, 0.3) is 0 Å². The molecule has 1 N–H and O–H groups in total. The van der Waals surface area contributed by atoms with E-state index in [1.807, 2.05) is 4.90 Å². The van der Waals surface area contributed by atoms with Crippen molar-refractivity contribution < 1.29 is 14.3 Å². The number of anilines is 1. The van der Waals surface area contributed by atoms with E-state index < -0.39 is 5.97 Å². The molecule has 1 amide bonds. The third-order valence-electron chi connectivity index (χ3n) is 2.75. The van der Waals surface area contributed by atoms with Crippen LogP contribution in [0.5, 0.6) is 0 Å². The summed E-state index contributed by atoms with van der Waals surface area (Å²) < 4.78 is 5.22. The lowest BCUT2D eigenvalue weighted by molar-refractivity contribution is 0.0473. The molecule has 21 heavy (non-hydrogen) atoms. The third kappa shape index (κ3) is 5.62. The van der Waals surface area contributed by atoms with Gasteiger partial charge in [0.05, 0.1) is 11.3 Å². The van der Waals surface area contributed by atoms with Gasteiger partial charge in [0.15, 0.2) is 0 Å². The molecule has 111 valence electrons. The molecule has 0 aromatic heterocycles. The molecule has 0 fully saturated rings. The minimum absolute atomic E-state index is 0.250. The average molecular weight is 287 g/mol. The number of carbonyl (C=O) groups excluding carboxylic acids is 2. The Morgan fingerprint density at radius 2 is 1.95 bits per heavy atom. The number of nitrogens with zero attached hydrogens (tertiary/aromatic N) is 1. The van der Waals surface area contributed by atoms with Gasteiger partial charge >= 0.3 is 12.4 Å². The minimum atomic E-state index is -0.481. The van der Waals surface area contributed by atoms with Gasteiger partial charge in [0.2, 0.25) is 0 Å². The number of hydrogen-bond acceptors (Lipinski definition) is 4. The molecule has 1 radical (unpaired) electrons. The van der Waals surface area contributed by atoms with Crippen molar-refractivity contribution in [1.29, 1.82) is 0 Å². The fourth-order valence-corrected chi connectivity index (χ4v) is 1.79. The summed E-state index contributed by atoms with van der Waals surface area (Å²) in [5, 5.41) is 2.35. The first-order chi connectivity index (χ1) is 10.2. The van der Waals surface area contributed by atoms with Crippen LogP contribution in [0.1, 0.15) is 10.4 Å². The second-order valence-corrected chi connectivity index (χ2v) is 4.25. The molecule has 0 aliphatic heterocycles. The lowest BCUT2D eigenvalue weighted by Gasteiger charge is -2.18. The molecule has 0 saturated carbocycles. The predicted molar refractivity (Wildman–Crippen MR) is 82.9 cm³/mol. The number of ether oxygens (including phenoxy) is 1. The van der Waals surface area contributed by atoms with Crippen LogP contribution in [-0.4, -0.2) is 43.5 Å². The Hall–Kier alpha value is -2.40. The number of benzene rings is 1. The van der Waals surface area contributed by atoms with Gasteiger partial charge in [0.1, 0.15) is 6.61 Å². The summed E-state index contributed by atoms with van der Waals surface area (Å²) >= 11 is 0. The summed E-state index contributed by atoms with van der Waals surface area (Å²) in [7, 11) is 0. The molecule has 0 heterocycles. The first-order valence-electron chi connectivity index (χ1n) is 6.56. The maximum Gasteiger partial charge on any atom is 0.340 e. The van der Waals surface area contributed by atoms with E-state index in [0.717, 1.165) is 0 Å². The summed E-state index contributed by atoms with van der Waals surface area (Å²) in [6, 6.07) is 6.62. The van der Waals surface area contributed by atoms with Crippen LogP contribution in [0.15, 0.2) is 49.6 Å². The summed E-state index contributed by atoms with van der Waals surface area (Å²) in [6.45, 7) is 9.58. The van der Waals surface area contributed by atoms with Crippen LogP contribution in [0.4, 0.5) is 5.69 Å². The zero-order valence-corrected chi connectivity index (χ0v) is 11.9. The van der Waals surface area contributed by atoms with Crippen molar-refractivity contribution in [2.24, 2.45) is 0 Å². The Balaban J connectivity index is 2.55. The first kappa shape index (κ1) is 16.7. The highest BCUT2D eigenvalue weighted by Crippen LogP contribution is 2.15. The SMILES string of the molecule is C=CCN(CC=C)CCOC(=O)c1ccccc1N[C]=O. The zero-order chi connectivity index (χ0) is 15.5. The molecule has 1 aromatic rings. The number of esters is 1. The van der Waals surface area contributed by atoms with E-state index in [1.54, 1.807) is 42.8 Å². The molecule has 0 spiro atoms. The summed E-state index contributed by atoms with van der Waals surface area (Å²) in [4.78, 5) is 24.4. The summed E-state index contributed by atoms with van der Waals surface area (Å²) in [6.07, 6.45) is 5.11. The maximum absolute atomic E-state index is 12.0. The largest absolute Gasteiger partial charge is 0.461 e. The van der Waals surface area contributed by atoms with E-state index in [2.05, 4.69) is 18.5 Å². The van der Waals surface area contributed by atoms with Crippen LogP contribution in [0.2, 0.25) is 0 Å². The lowest BCUT2D eigenvalue weighted by atomic mass is 10.2. The molecule has 5 heteroatoms. The van der Waals surface area contributed by atoms with Gasteiger partial charge in [0.25, 0.3) is 0 Å². The molecule has 0 atom stereocenters. The smallest absolute Gasteiger partial charge is 0.340 e. The van der Waals surface area contributed by atoms with Crippen LogP contribution in [0, 0.1) is 0 Å². The standard InChI is InChI=1S/C16H19N2O3/c1-3-9-18(10-4-2)11-12-21-16(20)14-7-5-6-8-15(14)17-13-19/h3-8H,1-2,9-12H2,(H,17,19). The fraction of sp³-hybridized carbons (Fsp3) is 0.250. The van der Waals surface area contributed by atoms with E-state index in [4.69, 9.17) is 4.74 Å². The minimum Gasteiger partial charge on any atom is -0.461 e. The third-order valence-corrected chi connectivity index (χ3v) is 2.75. The van der Waals surface area contributed by atoms with Gasteiger partial charge in [0, 0.05) is 19.6 Å². The van der Waals surface area contributed by atoms with Gasteiger partial charge < -0.3 is 10.1 Å². The highest BCUT2D eigenvalue weighted by atomic mass is 16.5. The Morgan fingerprint density at radius 1 is 1.29 bits per heavy atom. The van der Waals surface area contributed by atoms with Crippen LogP contribution in [0.3, 0.4) is 0 Å². The quantitative estimate of drug-likeness (QED) is 0.406. The van der Waals surface area contributed by atoms with Crippen LogP contribution < -0.4 is 5.32 Å². The van der Waals surface area contributed by atoms with Gasteiger partial charge in [-0.2, -0.15) is 0 Å². The normalized spacial score (nSPS) is 9.95. The van der Waals surface area contributed by atoms with Gasteiger partial charge in [-0.1, -0.05) is 24.3 Å². The van der Waals surface area contributed by atoms with Crippen LogP contribution >= 0.6 is 0 Å². The molecule has 0 unspecified atom stereocenters. The van der Waals surface area contributed by atoms with E-state index in [0.29, 0.717) is 30.9 Å². The molecule has 1 aromatic carbocycles. The van der Waals surface area contributed by atoms with Crippen molar-refractivity contribution in [3.63, 3.8) is 0 Å². The second kappa shape index (κ2) is 9.50. The van der Waals surface area contributed by atoms with Crippen molar-refractivity contribution in [2.75, 3.05) is 31.6 Å². The second-order valence-electron chi connectivity index (χ2n) is 4.25. The topological polar surface area (TPSA) is 58.6 Å². The fourth-order valence-electron chi connectivity index (χ4n) is 1.79. The van der Waals surface area contributed by atoms with E-state index >= 15 is 0 Å². The van der Waals surface area contributed by atoms with Crippen molar-refractivity contribution >= 4 is 18.1 Å². The summed E-state index contributed by atoms with van der Waals surface area (Å²) in [5.74, 6) is -0.481. The molecular formula is C16H19N2O3. The van der Waals surface area contributed by atoms with E-state index in [1.165, 1.54) is 0 Å². The molecule has 0 bridgehead atoms. The average Bonchev–Trinajstić information content (AvgIpc) is 2.48. The predicted octanol–water partition coefficient (Wildman–Crippen LogP) is 2.00. The number of para-hydroxylation sites is 1. The van der Waals surface area contributed by atoms with Crippen molar-refractivity contribution in [3.05, 3.63) is 55.1 Å². The Morgan fingerprint density at radius 3 is 2.57 bits per heavy atom. The van der Waals surface area contributed by atoms with Crippen LogP contribution in [-0.2, 0) is 9.53 Å².